The molecule has 2 fully saturated rings. The molecule has 2 aliphatic heterocycles. The first kappa shape index (κ1) is 45.5. The lowest BCUT2D eigenvalue weighted by Gasteiger charge is -2.31. The number of nitrogens with one attached hydrogen (secondary N) is 2. The minimum Gasteiger partial charge on any atom is -0.497 e. The molecule has 7 rings (SSSR count). The molecule has 4 aromatic rings. The molecule has 0 spiro atoms. The van der Waals surface area contributed by atoms with Crippen LogP contribution < -0.4 is 15.4 Å². The number of methoxy groups -OCH3 is 1. The summed E-state index contributed by atoms with van der Waals surface area (Å²) in [4.78, 5) is 28.3. The fraction of sp³-hybridized carbons (Fsp3) is 0.489. The topological polar surface area (TPSA) is 173 Å². The van der Waals surface area contributed by atoms with Crippen LogP contribution >= 0.6 is 11.3 Å². The number of carboxylic acid groups (broad SMARTS) is 1. The number of hydrogen-bond donors (Lipinski definition) is 4. The van der Waals surface area contributed by atoms with Crippen molar-refractivity contribution in [2.75, 3.05) is 38.7 Å². The average Bonchev–Trinajstić information content (AvgIpc) is 3.90. The van der Waals surface area contributed by atoms with Crippen LogP contribution in [0.3, 0.4) is 0 Å². The van der Waals surface area contributed by atoms with E-state index in [0.717, 1.165) is 57.0 Å². The SMILES string of the molecule is COc1ccc(S(=O)(=O)N(CC(C)C)C[C@@H](O)[C@H](Cc2ccc(NCc3ccccc3-c3sc4c(c3C(=O)O)CC(C)(C)CC4)cc2)NC(=O)O[C@H]2CO[C@@]3(C)OCC[C@@H]23)cc1. The molecule has 0 saturated carbocycles. The number of carboxylic acids is 1. The third-order valence-corrected chi connectivity index (χ3v) is 15.5. The zero-order valence-electron chi connectivity index (χ0n) is 36.3. The number of aliphatic hydroxyl groups excluding tert-OH is 1. The molecule has 13 nitrogen and oxygen atoms in total. The van der Waals surface area contributed by atoms with E-state index in [-0.39, 0.29) is 48.3 Å². The number of hydrogen-bond acceptors (Lipinski definition) is 11. The summed E-state index contributed by atoms with van der Waals surface area (Å²) in [5.74, 6) is -1.41. The summed E-state index contributed by atoms with van der Waals surface area (Å²) < 4.78 is 52.0. The molecule has 4 N–H and O–H groups in total. The maximum atomic E-state index is 14.0. The first-order valence-electron chi connectivity index (χ1n) is 21.3. The first-order valence-corrected chi connectivity index (χ1v) is 23.6. The molecule has 2 saturated heterocycles. The second-order valence-electron chi connectivity index (χ2n) is 18.0. The van der Waals surface area contributed by atoms with E-state index >= 15 is 0 Å². The van der Waals surface area contributed by atoms with Crippen molar-refractivity contribution in [1.29, 1.82) is 0 Å². The molecule has 1 aromatic heterocycles. The molecule has 0 unspecified atom stereocenters. The number of alkyl carbamates (subject to hydrolysis) is 1. The molecule has 3 heterocycles. The molecule has 334 valence electrons. The van der Waals surface area contributed by atoms with Crippen LogP contribution in [-0.2, 0) is 50.0 Å². The van der Waals surface area contributed by atoms with E-state index < -0.39 is 46.1 Å². The van der Waals surface area contributed by atoms with Gasteiger partial charge in [-0.2, -0.15) is 4.31 Å². The van der Waals surface area contributed by atoms with Gasteiger partial charge in [0.2, 0.25) is 10.0 Å². The van der Waals surface area contributed by atoms with Crippen molar-refractivity contribution in [2.24, 2.45) is 17.3 Å². The van der Waals surface area contributed by atoms with Crippen molar-refractivity contribution in [3.05, 3.63) is 99.9 Å². The monoisotopic (exact) mass is 889 g/mol. The van der Waals surface area contributed by atoms with Crippen molar-refractivity contribution in [3.63, 3.8) is 0 Å². The Balaban J connectivity index is 1.08. The van der Waals surface area contributed by atoms with E-state index in [0.29, 0.717) is 30.9 Å². The summed E-state index contributed by atoms with van der Waals surface area (Å²) in [6.45, 7) is 11.0. The Kier molecular flexibility index (Phi) is 13.7. The van der Waals surface area contributed by atoms with E-state index in [2.05, 4.69) is 24.5 Å². The van der Waals surface area contributed by atoms with Crippen LogP contribution in [0.4, 0.5) is 10.5 Å². The van der Waals surface area contributed by atoms with Crippen molar-refractivity contribution >= 4 is 39.1 Å². The highest BCUT2D eigenvalue weighted by atomic mass is 32.2. The zero-order chi connectivity index (χ0) is 44.4. The first-order chi connectivity index (χ1) is 29.5. The molecule has 3 aromatic carbocycles. The van der Waals surface area contributed by atoms with Gasteiger partial charge >= 0.3 is 12.1 Å². The summed E-state index contributed by atoms with van der Waals surface area (Å²) in [5, 5.41) is 28.6. The predicted molar refractivity (Wildman–Crippen MR) is 238 cm³/mol. The normalized spacial score (nSPS) is 21.6. The maximum Gasteiger partial charge on any atom is 0.407 e. The van der Waals surface area contributed by atoms with E-state index in [1.165, 1.54) is 23.5 Å². The highest BCUT2D eigenvalue weighted by Gasteiger charge is 2.53. The van der Waals surface area contributed by atoms with Crippen molar-refractivity contribution in [3.8, 4) is 16.2 Å². The fourth-order valence-corrected chi connectivity index (χ4v) is 11.9. The van der Waals surface area contributed by atoms with Crippen molar-refractivity contribution in [1.82, 2.24) is 9.62 Å². The Morgan fingerprint density at radius 3 is 2.42 bits per heavy atom. The summed E-state index contributed by atoms with van der Waals surface area (Å²) in [7, 11) is -2.54. The summed E-state index contributed by atoms with van der Waals surface area (Å²) >= 11 is 1.59. The number of aliphatic hydroxyl groups is 1. The minimum atomic E-state index is -4.05. The van der Waals surface area contributed by atoms with E-state index in [9.17, 15) is 28.2 Å². The third-order valence-electron chi connectivity index (χ3n) is 12.3. The lowest BCUT2D eigenvalue weighted by Crippen LogP contribution is -2.51. The Bertz CT molecular complexity index is 2330. The van der Waals surface area contributed by atoms with Crippen LogP contribution in [0, 0.1) is 17.3 Å². The van der Waals surface area contributed by atoms with Gasteiger partial charge in [-0.05, 0) is 109 Å². The van der Waals surface area contributed by atoms with Crippen LogP contribution in [-0.4, -0.2) is 92.4 Å². The number of carbonyl (C=O) groups excluding carboxylic acids is 1. The fourth-order valence-electron chi connectivity index (χ4n) is 8.87. The van der Waals surface area contributed by atoms with Gasteiger partial charge in [0, 0.05) is 35.1 Å². The largest absolute Gasteiger partial charge is 0.497 e. The number of nitrogens with zero attached hydrogens (tertiary/aromatic N) is 1. The van der Waals surface area contributed by atoms with Crippen molar-refractivity contribution in [2.45, 2.75) is 102 Å². The van der Waals surface area contributed by atoms with Crippen LogP contribution in [0.1, 0.15) is 79.4 Å². The Morgan fingerprint density at radius 2 is 1.73 bits per heavy atom. The number of amides is 1. The lowest BCUT2D eigenvalue weighted by molar-refractivity contribution is -0.181. The number of benzene rings is 3. The summed E-state index contributed by atoms with van der Waals surface area (Å²) in [6.07, 6.45) is 0.866. The second-order valence-corrected chi connectivity index (χ2v) is 21.0. The van der Waals surface area contributed by atoms with Gasteiger partial charge in [-0.15, -0.1) is 11.3 Å². The van der Waals surface area contributed by atoms with Crippen LogP contribution in [0.25, 0.3) is 10.4 Å². The van der Waals surface area contributed by atoms with E-state index in [1.807, 2.05) is 69.3 Å². The molecule has 1 amide bonds. The van der Waals surface area contributed by atoms with Crippen LogP contribution in [0.15, 0.2) is 77.7 Å². The van der Waals surface area contributed by atoms with E-state index in [1.54, 1.807) is 23.5 Å². The molecule has 15 heteroatoms. The number of aryl methyl sites for hydroxylation is 1. The lowest BCUT2D eigenvalue weighted by atomic mass is 9.76. The standard InChI is InChI=1S/C47H59N3O10S2/c1-29(2)26-50(62(55,56)34-17-15-33(57-6)16-18-34)27-39(51)38(49-45(54)60-40-28-59-47(5)37(40)20-22-58-47)23-30-11-13-32(14-12-30)48-25-31-9-7-8-10-35(31)43-42(44(52)53)36-24-46(3,4)21-19-41(36)61-43/h7-18,29,37-40,48,51H,19-28H2,1-6H3,(H,49,54)(H,52,53)/t37-,38-,39+,40-,47+/m0/s1. The maximum absolute atomic E-state index is 14.0. The van der Waals surface area contributed by atoms with Gasteiger partial charge < -0.3 is 39.8 Å². The quantitative estimate of drug-likeness (QED) is 0.0817. The van der Waals surface area contributed by atoms with Gasteiger partial charge in [-0.3, -0.25) is 0 Å². The highest BCUT2D eigenvalue weighted by Crippen LogP contribution is 2.46. The molecular weight excluding hydrogens is 831 g/mol. The number of ether oxygens (including phenoxy) is 4. The second kappa shape index (κ2) is 18.7. The minimum absolute atomic E-state index is 0.0470. The van der Waals surface area contributed by atoms with Gasteiger partial charge in [0.1, 0.15) is 11.9 Å². The summed E-state index contributed by atoms with van der Waals surface area (Å²) in [5.41, 5.74) is 4.89. The third kappa shape index (κ3) is 10.1. The number of fused-ring (bicyclic) bond motifs is 2. The smallest absolute Gasteiger partial charge is 0.407 e. The molecule has 0 radical (unpaired) electrons. The van der Waals surface area contributed by atoms with Gasteiger partial charge in [0.05, 0.1) is 48.8 Å². The number of sulfonamides is 1. The molecule has 0 bridgehead atoms. The highest BCUT2D eigenvalue weighted by molar-refractivity contribution is 7.89. The average molecular weight is 890 g/mol. The van der Waals surface area contributed by atoms with Crippen LogP contribution in [0.5, 0.6) is 5.75 Å². The van der Waals surface area contributed by atoms with Gasteiger partial charge in [-0.1, -0.05) is 64.1 Å². The number of thiophene rings is 1. The van der Waals surface area contributed by atoms with Gasteiger partial charge in [-0.25, -0.2) is 18.0 Å². The zero-order valence-corrected chi connectivity index (χ0v) is 37.9. The number of rotatable bonds is 17. The molecular formula is C47H59N3O10S2. The van der Waals surface area contributed by atoms with Gasteiger partial charge in [0.15, 0.2) is 5.79 Å². The Labute approximate surface area is 368 Å². The number of anilines is 1. The number of aromatic carboxylic acids is 1. The molecule has 3 aliphatic rings. The predicted octanol–water partition coefficient (Wildman–Crippen LogP) is 7.75. The number of carbonyl (C=O) groups is 2. The molecule has 1 aliphatic carbocycles. The Morgan fingerprint density at radius 1 is 1.00 bits per heavy atom. The molecule has 5 atom stereocenters. The summed E-state index contributed by atoms with van der Waals surface area (Å²) in [6, 6.07) is 20.7. The molecule has 62 heavy (non-hydrogen) atoms. The Hall–Kier alpha value is -4.51. The van der Waals surface area contributed by atoms with Crippen LogP contribution in [0.2, 0.25) is 0 Å². The van der Waals surface area contributed by atoms with Gasteiger partial charge in [0.25, 0.3) is 0 Å². The van der Waals surface area contributed by atoms with E-state index in [4.69, 9.17) is 18.9 Å². The van der Waals surface area contributed by atoms with Crippen molar-refractivity contribution < 1.29 is 47.2 Å².